The first-order chi connectivity index (χ1) is 7.77. The fourth-order valence-corrected chi connectivity index (χ4v) is 2.81. The molecule has 2 fully saturated rings. The molecule has 2 heterocycles. The number of carbonyl (C=O) groups is 1. The minimum atomic E-state index is 0.225. The molecule has 1 unspecified atom stereocenters. The van der Waals surface area contributed by atoms with Gasteiger partial charge in [-0.25, -0.2) is 0 Å². The third kappa shape index (κ3) is 2.95. The number of piperidine rings is 1. The van der Waals surface area contributed by atoms with Gasteiger partial charge in [0.05, 0.1) is 0 Å². The molecular formula is C12H23N3O. The molecule has 2 saturated heterocycles. The van der Waals surface area contributed by atoms with E-state index in [1.54, 1.807) is 0 Å². The van der Waals surface area contributed by atoms with Gasteiger partial charge < -0.3 is 10.6 Å². The molecule has 92 valence electrons. The Balaban J connectivity index is 1.90. The number of nitrogens with zero attached hydrogens (tertiary/aromatic N) is 1. The minimum absolute atomic E-state index is 0.225. The fourth-order valence-electron chi connectivity index (χ4n) is 2.81. The van der Waals surface area contributed by atoms with Gasteiger partial charge in [-0.1, -0.05) is 0 Å². The summed E-state index contributed by atoms with van der Waals surface area (Å²) in [4.78, 5) is 14.0. The molecule has 0 spiro atoms. The number of nitrogens with one attached hydrogen (secondary N) is 2. The van der Waals surface area contributed by atoms with Crippen LogP contribution in [-0.2, 0) is 4.79 Å². The molecule has 2 aliphatic rings. The normalized spacial score (nSPS) is 28.9. The third-order valence-electron chi connectivity index (χ3n) is 3.92. The number of hydrogen-bond donors (Lipinski definition) is 2. The Morgan fingerprint density at radius 2 is 1.88 bits per heavy atom. The fraction of sp³-hybridized carbons (Fsp3) is 0.917. The van der Waals surface area contributed by atoms with Crippen LogP contribution in [0.4, 0.5) is 0 Å². The summed E-state index contributed by atoms with van der Waals surface area (Å²) in [7, 11) is 2.19. The Labute approximate surface area is 97.8 Å². The van der Waals surface area contributed by atoms with Crippen LogP contribution in [0.2, 0.25) is 0 Å². The van der Waals surface area contributed by atoms with Gasteiger partial charge in [0.2, 0.25) is 5.91 Å². The summed E-state index contributed by atoms with van der Waals surface area (Å²) in [5.41, 5.74) is 0. The van der Waals surface area contributed by atoms with Gasteiger partial charge in [0.15, 0.2) is 0 Å². The molecule has 0 aliphatic carbocycles. The van der Waals surface area contributed by atoms with Crippen LogP contribution in [-0.4, -0.2) is 49.6 Å². The van der Waals surface area contributed by atoms with Gasteiger partial charge in [0.25, 0.3) is 0 Å². The first-order valence-electron chi connectivity index (χ1n) is 6.46. The molecule has 1 amide bonds. The highest BCUT2D eigenvalue weighted by molar-refractivity contribution is 5.76. The molecule has 2 rings (SSSR count). The van der Waals surface area contributed by atoms with Crippen molar-refractivity contribution in [2.45, 2.75) is 44.2 Å². The number of carbonyl (C=O) groups excluding carboxylic acids is 1. The van der Waals surface area contributed by atoms with Gasteiger partial charge in [0.1, 0.15) is 0 Å². The Hall–Kier alpha value is -0.610. The largest absolute Gasteiger partial charge is 0.356 e. The van der Waals surface area contributed by atoms with E-state index in [-0.39, 0.29) is 5.91 Å². The van der Waals surface area contributed by atoms with E-state index in [0.717, 1.165) is 32.5 Å². The molecule has 2 N–H and O–H groups in total. The lowest BCUT2D eigenvalue weighted by atomic mass is 10.00. The van der Waals surface area contributed by atoms with E-state index in [9.17, 15) is 4.79 Å². The summed E-state index contributed by atoms with van der Waals surface area (Å²) in [6, 6.07) is 1.11. The van der Waals surface area contributed by atoms with E-state index in [2.05, 4.69) is 22.6 Å². The Bertz CT molecular complexity index is 238. The van der Waals surface area contributed by atoms with E-state index < -0.39 is 0 Å². The van der Waals surface area contributed by atoms with Gasteiger partial charge in [0, 0.05) is 25.0 Å². The van der Waals surface area contributed by atoms with Crippen LogP contribution in [0.1, 0.15) is 32.1 Å². The Kier molecular flexibility index (Phi) is 4.18. The summed E-state index contributed by atoms with van der Waals surface area (Å²) < 4.78 is 0. The first-order valence-corrected chi connectivity index (χ1v) is 6.46. The van der Waals surface area contributed by atoms with Gasteiger partial charge in [-0.3, -0.25) is 9.69 Å². The molecule has 4 heteroatoms. The van der Waals surface area contributed by atoms with Crippen molar-refractivity contribution in [3.8, 4) is 0 Å². The highest BCUT2D eigenvalue weighted by Gasteiger charge is 2.27. The second-order valence-electron chi connectivity index (χ2n) is 5.00. The van der Waals surface area contributed by atoms with Crippen molar-refractivity contribution in [2.24, 2.45) is 0 Å². The van der Waals surface area contributed by atoms with Gasteiger partial charge >= 0.3 is 0 Å². The van der Waals surface area contributed by atoms with Crippen LogP contribution in [0, 0.1) is 0 Å². The molecule has 0 saturated carbocycles. The van der Waals surface area contributed by atoms with Gasteiger partial charge in [-0.2, -0.15) is 0 Å². The zero-order valence-corrected chi connectivity index (χ0v) is 10.2. The van der Waals surface area contributed by atoms with E-state index >= 15 is 0 Å². The first kappa shape index (κ1) is 11.9. The van der Waals surface area contributed by atoms with Crippen LogP contribution < -0.4 is 10.6 Å². The molecule has 1 atom stereocenters. The summed E-state index contributed by atoms with van der Waals surface area (Å²) in [6.45, 7) is 3.09. The van der Waals surface area contributed by atoms with Crippen LogP contribution in [0.25, 0.3) is 0 Å². The van der Waals surface area contributed by atoms with Crippen LogP contribution in [0.3, 0.4) is 0 Å². The van der Waals surface area contributed by atoms with E-state index in [0.29, 0.717) is 18.5 Å². The second-order valence-corrected chi connectivity index (χ2v) is 5.00. The minimum Gasteiger partial charge on any atom is -0.356 e. The van der Waals surface area contributed by atoms with E-state index in [1.807, 2.05) is 0 Å². The predicted molar refractivity (Wildman–Crippen MR) is 64.3 cm³/mol. The van der Waals surface area contributed by atoms with Crippen LogP contribution in [0.5, 0.6) is 0 Å². The molecule has 0 radical (unpaired) electrons. The quantitative estimate of drug-likeness (QED) is 0.712. The molecule has 0 aromatic carbocycles. The topological polar surface area (TPSA) is 44.4 Å². The van der Waals surface area contributed by atoms with Gasteiger partial charge in [-0.05, 0) is 45.8 Å². The number of hydrogen-bond acceptors (Lipinski definition) is 3. The molecule has 0 aromatic rings. The molecule has 0 bridgehead atoms. The van der Waals surface area contributed by atoms with Crippen LogP contribution in [0.15, 0.2) is 0 Å². The molecule has 0 aromatic heterocycles. The maximum atomic E-state index is 11.5. The van der Waals surface area contributed by atoms with Crippen molar-refractivity contribution in [2.75, 3.05) is 26.7 Å². The smallest absolute Gasteiger partial charge is 0.221 e. The van der Waals surface area contributed by atoms with Crippen molar-refractivity contribution >= 4 is 5.91 Å². The highest BCUT2D eigenvalue weighted by atomic mass is 16.1. The molecule has 16 heavy (non-hydrogen) atoms. The van der Waals surface area contributed by atoms with Crippen LogP contribution >= 0.6 is 0 Å². The van der Waals surface area contributed by atoms with E-state index in [1.165, 1.54) is 12.8 Å². The van der Waals surface area contributed by atoms with Crippen molar-refractivity contribution in [3.05, 3.63) is 0 Å². The van der Waals surface area contributed by atoms with Gasteiger partial charge in [-0.15, -0.1) is 0 Å². The zero-order chi connectivity index (χ0) is 11.4. The summed E-state index contributed by atoms with van der Waals surface area (Å²) in [5.74, 6) is 0.225. The molecular weight excluding hydrogens is 202 g/mol. The lowest BCUT2D eigenvalue weighted by Crippen LogP contribution is -2.46. The average Bonchev–Trinajstić information content (AvgIpc) is 2.54. The molecule has 4 nitrogen and oxygen atoms in total. The van der Waals surface area contributed by atoms with E-state index in [4.69, 9.17) is 0 Å². The predicted octanol–water partition coefficient (Wildman–Crippen LogP) is 0.339. The molecule has 2 aliphatic heterocycles. The Morgan fingerprint density at radius 3 is 2.62 bits per heavy atom. The summed E-state index contributed by atoms with van der Waals surface area (Å²) in [6.07, 6.45) is 5.38. The maximum absolute atomic E-state index is 11.5. The van der Waals surface area contributed by atoms with Crippen molar-refractivity contribution in [3.63, 3.8) is 0 Å². The summed E-state index contributed by atoms with van der Waals surface area (Å²) >= 11 is 0. The second kappa shape index (κ2) is 5.64. The number of rotatable bonds is 2. The zero-order valence-electron chi connectivity index (χ0n) is 10.2. The van der Waals surface area contributed by atoms with Crippen molar-refractivity contribution in [1.82, 2.24) is 15.5 Å². The average molecular weight is 225 g/mol. The lowest BCUT2D eigenvalue weighted by molar-refractivity contribution is -0.121. The standard InChI is InChI=1S/C12H23N3O/c1-15(10-4-7-13-8-5-10)11-3-2-6-14-12(16)9-11/h10-11,13H,2-9H2,1H3,(H,14,16). The van der Waals surface area contributed by atoms with Crippen molar-refractivity contribution in [1.29, 1.82) is 0 Å². The lowest BCUT2D eigenvalue weighted by Gasteiger charge is -2.36. The SMILES string of the molecule is CN(C1CCNCC1)C1CCCNC(=O)C1. The number of amides is 1. The third-order valence-corrected chi connectivity index (χ3v) is 3.92. The van der Waals surface area contributed by atoms with Crippen molar-refractivity contribution < 1.29 is 4.79 Å². The monoisotopic (exact) mass is 225 g/mol. The Morgan fingerprint density at radius 1 is 1.12 bits per heavy atom. The maximum Gasteiger partial charge on any atom is 0.221 e. The highest BCUT2D eigenvalue weighted by Crippen LogP contribution is 2.19. The summed E-state index contributed by atoms with van der Waals surface area (Å²) in [5, 5.41) is 6.34.